The van der Waals surface area contributed by atoms with E-state index in [1.807, 2.05) is 0 Å². The third-order valence-corrected chi connectivity index (χ3v) is 4.85. The van der Waals surface area contributed by atoms with Crippen molar-refractivity contribution in [2.75, 3.05) is 16.8 Å². The maximum Gasteiger partial charge on any atom is 0.417 e. The van der Waals surface area contributed by atoms with Crippen molar-refractivity contribution in [2.45, 2.75) is 25.4 Å². The maximum atomic E-state index is 15.0. The van der Waals surface area contributed by atoms with Gasteiger partial charge in [-0.05, 0) is 62.3 Å². The summed E-state index contributed by atoms with van der Waals surface area (Å²) in [7, 11) is 0. The smallest absolute Gasteiger partial charge is 0.355 e. The average molecular weight is 473 g/mol. The largest absolute Gasteiger partial charge is 0.417 e. The number of benzene rings is 2. The lowest BCUT2D eigenvalue weighted by Crippen LogP contribution is -2.44. The van der Waals surface area contributed by atoms with E-state index in [-0.39, 0.29) is 9.80 Å². The molecule has 0 unspecified atom stereocenters. The molecule has 0 spiro atoms. The highest BCUT2D eigenvalue weighted by atomic mass is 32.1. The minimum absolute atomic E-state index is 0.220. The minimum atomic E-state index is -5.12. The Balaban J connectivity index is 2.31. The molecule has 0 atom stereocenters. The van der Waals surface area contributed by atoms with Crippen molar-refractivity contribution in [2.24, 2.45) is 0 Å². The molecule has 2 aromatic rings. The Hall–Kier alpha value is -3.52. The van der Waals surface area contributed by atoms with Crippen molar-refractivity contribution in [3.8, 4) is 6.07 Å². The van der Waals surface area contributed by atoms with Gasteiger partial charge in [0.2, 0.25) is 0 Å². The number of halogens is 4. The van der Waals surface area contributed by atoms with Crippen molar-refractivity contribution in [3.05, 3.63) is 58.9 Å². The fraction of sp³-hybridized carbons (Fsp3) is 0.238. The Morgan fingerprint density at radius 3 is 2.47 bits per heavy atom. The number of anilines is 2. The molecule has 0 radical (unpaired) electrons. The molecule has 3 rings (SSSR count). The van der Waals surface area contributed by atoms with Crippen LogP contribution in [-0.4, -0.2) is 29.4 Å². The minimum Gasteiger partial charge on any atom is -0.355 e. The molecule has 0 aromatic heterocycles. The van der Waals surface area contributed by atoms with Gasteiger partial charge in [0.25, 0.3) is 11.8 Å². The topological polar surface area (TPSA) is 76.4 Å². The van der Waals surface area contributed by atoms with Crippen LogP contribution in [0, 0.1) is 17.1 Å². The van der Waals surface area contributed by atoms with E-state index in [1.165, 1.54) is 11.4 Å². The van der Waals surface area contributed by atoms with Crippen molar-refractivity contribution < 1.29 is 39.5 Å². The van der Waals surface area contributed by atoms with Gasteiger partial charge < -0.3 is 10.2 Å². The predicted octanol–water partition coefficient (Wildman–Crippen LogP) is 3.99. The Morgan fingerprint density at radius 2 is 1.91 bits per heavy atom. The molecule has 2 amide bonds. The lowest BCUT2D eigenvalue weighted by atomic mass is 10.0. The highest BCUT2D eigenvalue weighted by molar-refractivity contribution is 7.81. The van der Waals surface area contributed by atoms with Crippen molar-refractivity contribution in [1.29, 1.82) is 5.26 Å². The van der Waals surface area contributed by atoms with E-state index >= 15 is 4.39 Å². The zero-order chi connectivity index (χ0) is 31.5. The second-order valence-corrected chi connectivity index (χ2v) is 6.79. The highest BCUT2D eigenvalue weighted by Gasteiger charge is 2.50. The highest BCUT2D eigenvalue weighted by Crippen LogP contribution is 2.39. The molecular weight excluding hydrogens is 448 g/mol. The van der Waals surface area contributed by atoms with Crippen LogP contribution in [0.3, 0.4) is 0 Å². The number of amides is 2. The first-order chi connectivity index (χ1) is 18.5. The van der Waals surface area contributed by atoms with E-state index in [0.29, 0.717) is 24.3 Å². The van der Waals surface area contributed by atoms with Gasteiger partial charge in [0.1, 0.15) is 11.4 Å². The molecular formula is C21H16F4N4O2S. The van der Waals surface area contributed by atoms with Crippen LogP contribution in [0.2, 0.25) is 0 Å². The summed E-state index contributed by atoms with van der Waals surface area (Å²) in [6, 6.07) is 4.99. The summed E-state index contributed by atoms with van der Waals surface area (Å²) in [4.78, 5) is 26.4. The first-order valence-electron chi connectivity index (χ1n) is 12.9. The SMILES string of the molecule is [2H]C([2H])([2H])NC(=O)c1ccc(N2C(=S)N(c3ccc(C#N)c(C(F)(F)F)c3)C(=O)C2(C([2H])([2H])[2H])C([2H])([2H])[2H])cc1F. The van der Waals surface area contributed by atoms with E-state index in [2.05, 4.69) is 0 Å². The van der Waals surface area contributed by atoms with Crippen LogP contribution in [0.4, 0.5) is 28.9 Å². The number of carbonyl (C=O) groups is 2. The van der Waals surface area contributed by atoms with Gasteiger partial charge in [0.15, 0.2) is 5.11 Å². The molecule has 0 bridgehead atoms. The Morgan fingerprint density at radius 1 is 1.22 bits per heavy atom. The third kappa shape index (κ3) is 3.67. The molecule has 0 saturated carbocycles. The summed E-state index contributed by atoms with van der Waals surface area (Å²) >= 11 is 5.20. The number of hydrogen-bond acceptors (Lipinski definition) is 4. The summed E-state index contributed by atoms with van der Waals surface area (Å²) in [5, 5.41) is 9.62. The van der Waals surface area contributed by atoms with Crippen LogP contribution < -0.4 is 15.1 Å². The molecule has 2 aromatic carbocycles. The van der Waals surface area contributed by atoms with Crippen LogP contribution in [0.1, 0.15) is 47.5 Å². The van der Waals surface area contributed by atoms with Gasteiger partial charge in [-0.15, -0.1) is 0 Å². The summed E-state index contributed by atoms with van der Waals surface area (Å²) in [5.41, 5.74) is -8.28. The molecule has 1 N–H and O–H groups in total. The number of carbonyl (C=O) groups excluding carboxylic acids is 2. The Labute approximate surface area is 198 Å². The average Bonchev–Trinajstić information content (AvgIpc) is 3.04. The van der Waals surface area contributed by atoms with Crippen molar-refractivity contribution >= 4 is 40.5 Å². The zero-order valence-corrected chi connectivity index (χ0v) is 16.4. The Kier molecular flexibility index (Phi) is 3.39. The molecule has 166 valence electrons. The van der Waals surface area contributed by atoms with E-state index in [4.69, 9.17) is 29.8 Å². The van der Waals surface area contributed by atoms with Gasteiger partial charge >= 0.3 is 6.18 Å². The predicted molar refractivity (Wildman–Crippen MR) is 113 cm³/mol. The van der Waals surface area contributed by atoms with Gasteiger partial charge in [0, 0.05) is 25.0 Å². The molecule has 1 heterocycles. The molecule has 32 heavy (non-hydrogen) atoms. The van der Waals surface area contributed by atoms with Crippen molar-refractivity contribution in [1.82, 2.24) is 5.32 Å². The maximum absolute atomic E-state index is 15.0. The van der Waals surface area contributed by atoms with Crippen LogP contribution in [0.25, 0.3) is 0 Å². The number of nitrogens with one attached hydrogen (secondary N) is 1. The number of rotatable bonds is 3. The second-order valence-electron chi connectivity index (χ2n) is 6.43. The van der Waals surface area contributed by atoms with Crippen molar-refractivity contribution in [3.63, 3.8) is 0 Å². The van der Waals surface area contributed by atoms with Crippen LogP contribution in [0.15, 0.2) is 36.4 Å². The number of nitrogens with zero attached hydrogens (tertiary/aromatic N) is 3. The first kappa shape index (κ1) is 13.8. The normalized spacial score (nSPS) is 21.0. The van der Waals surface area contributed by atoms with E-state index in [0.717, 1.165) is 12.1 Å². The van der Waals surface area contributed by atoms with Gasteiger partial charge in [-0.25, -0.2) is 4.39 Å². The molecule has 1 aliphatic heterocycles. The molecule has 1 aliphatic rings. The van der Waals surface area contributed by atoms with Crippen LogP contribution in [-0.2, 0) is 11.0 Å². The number of alkyl halides is 3. The van der Waals surface area contributed by atoms with Gasteiger partial charge in [0.05, 0.1) is 28.4 Å². The monoisotopic (exact) mass is 473 g/mol. The molecule has 1 fully saturated rings. The molecule has 1 saturated heterocycles. The quantitative estimate of drug-likeness (QED) is 0.539. The van der Waals surface area contributed by atoms with Gasteiger partial charge in [-0.3, -0.25) is 14.5 Å². The van der Waals surface area contributed by atoms with Gasteiger partial charge in [-0.2, -0.15) is 18.4 Å². The van der Waals surface area contributed by atoms with E-state index in [1.54, 1.807) is 0 Å². The lowest BCUT2D eigenvalue weighted by molar-refractivity contribution is -0.137. The van der Waals surface area contributed by atoms with E-state index in [9.17, 15) is 22.8 Å². The lowest BCUT2D eigenvalue weighted by Gasteiger charge is -2.29. The zero-order valence-electron chi connectivity index (χ0n) is 24.5. The first-order valence-corrected chi connectivity index (χ1v) is 8.82. The fourth-order valence-electron chi connectivity index (χ4n) is 3.02. The number of hydrogen-bond donors (Lipinski definition) is 1. The van der Waals surface area contributed by atoms with E-state index < -0.39 is 83.2 Å². The number of thiocarbonyl (C=S) groups is 1. The third-order valence-electron chi connectivity index (χ3n) is 4.49. The van der Waals surface area contributed by atoms with Gasteiger partial charge in [-0.1, -0.05) is 0 Å². The summed E-state index contributed by atoms with van der Waals surface area (Å²) < 4.78 is 125. The Bertz CT molecular complexity index is 1470. The molecule has 11 heteroatoms. The fourth-order valence-corrected chi connectivity index (χ4v) is 3.45. The standard InChI is InChI=1S/C21H16F4N4O2S/c1-20(2)18(31)28(12-5-4-11(10-26)15(8-12)21(23,24)25)19(32)29(20)13-6-7-14(16(22)9-13)17(30)27-3/h4-9H,1-3H3,(H,27,30)/i1D3,2D3,3D3. The number of nitriles is 1. The summed E-state index contributed by atoms with van der Waals surface area (Å²) in [6.45, 7) is -10.6. The molecule has 0 aliphatic carbocycles. The summed E-state index contributed by atoms with van der Waals surface area (Å²) in [6.07, 6.45) is -5.12. The molecule has 6 nitrogen and oxygen atoms in total. The second kappa shape index (κ2) is 7.87. The van der Waals surface area contributed by atoms with Crippen LogP contribution in [0.5, 0.6) is 0 Å². The van der Waals surface area contributed by atoms with Crippen LogP contribution >= 0.6 is 12.2 Å². The summed E-state index contributed by atoms with van der Waals surface area (Å²) in [5.74, 6) is -4.68.